The van der Waals surface area contributed by atoms with Crippen LogP contribution in [-0.2, 0) is 28.6 Å². The second-order valence-corrected chi connectivity index (χ2v) is 7.67. The number of carbonyl (C=O) groups excluding carboxylic acids is 3. The molecular weight excluding hydrogens is 324 g/mol. The summed E-state index contributed by atoms with van der Waals surface area (Å²) in [5, 5.41) is 0. The van der Waals surface area contributed by atoms with Gasteiger partial charge in [0.25, 0.3) is 0 Å². The zero-order valence-electron chi connectivity index (χ0n) is 15.2. The fourth-order valence-electron chi connectivity index (χ4n) is 5.26. The van der Waals surface area contributed by atoms with Crippen molar-refractivity contribution < 1.29 is 28.6 Å². The first-order valence-electron chi connectivity index (χ1n) is 8.93. The number of hydrogen-bond acceptors (Lipinski definition) is 6. The molecule has 138 valence electrons. The molecule has 0 bridgehead atoms. The number of fused-ring (bicyclic) bond motifs is 2. The average Bonchev–Trinajstić information content (AvgIpc) is 2.89. The molecule has 3 fully saturated rings. The van der Waals surface area contributed by atoms with Gasteiger partial charge in [-0.05, 0) is 26.2 Å². The Labute approximate surface area is 147 Å². The van der Waals surface area contributed by atoms with E-state index in [0.717, 1.165) is 0 Å². The summed E-state index contributed by atoms with van der Waals surface area (Å²) in [6.07, 6.45) is -0.489. The van der Waals surface area contributed by atoms with Gasteiger partial charge in [-0.25, -0.2) is 4.79 Å². The molecule has 0 unspecified atom stereocenters. The minimum absolute atomic E-state index is 0.0156. The molecule has 0 aromatic carbocycles. The highest BCUT2D eigenvalue weighted by Gasteiger charge is 2.66. The SMILES string of the molecule is C=C1C(=O)O[C@@H]2C[C@@H](C)[C@@H]3[C@H](OCC)CC(=O)[C@@]3(C)[C@H](OC(C)=O)[C@H]12. The standard InChI is InChI=1S/C19H26O6/c1-6-23-13-8-14(21)19(5)16(13)9(2)7-12-15(10(3)18(22)25-12)17(19)24-11(4)20/h9,12-13,15-17H,3,6-8H2,1-2,4-5H3/t9-,12-,13-,15-,16-,17-,19-/m1/s1. The fraction of sp³-hybridized carbons (Fsp3) is 0.737. The van der Waals surface area contributed by atoms with E-state index in [1.807, 2.05) is 13.8 Å². The Kier molecular flexibility index (Phi) is 4.52. The average molecular weight is 350 g/mol. The third kappa shape index (κ3) is 2.62. The largest absolute Gasteiger partial charge is 0.461 e. The van der Waals surface area contributed by atoms with Gasteiger partial charge in [-0.2, -0.15) is 0 Å². The maximum atomic E-state index is 13.1. The monoisotopic (exact) mass is 350 g/mol. The highest BCUT2D eigenvalue weighted by molar-refractivity contribution is 5.93. The molecule has 0 N–H and O–H groups in total. The molecular formula is C19H26O6. The summed E-state index contributed by atoms with van der Waals surface area (Å²) in [5.74, 6) is -1.42. The van der Waals surface area contributed by atoms with Crippen LogP contribution >= 0.6 is 0 Å². The van der Waals surface area contributed by atoms with Crippen LogP contribution in [0.2, 0.25) is 0 Å². The van der Waals surface area contributed by atoms with Gasteiger partial charge in [0.15, 0.2) is 0 Å². The molecule has 0 radical (unpaired) electrons. The molecule has 2 saturated carbocycles. The smallest absolute Gasteiger partial charge is 0.334 e. The zero-order chi connectivity index (χ0) is 18.5. The summed E-state index contributed by atoms with van der Waals surface area (Å²) in [4.78, 5) is 36.9. The predicted molar refractivity (Wildman–Crippen MR) is 88.5 cm³/mol. The van der Waals surface area contributed by atoms with Gasteiger partial charge in [0.05, 0.1) is 17.4 Å². The molecule has 1 saturated heterocycles. The summed E-state index contributed by atoms with van der Waals surface area (Å²) >= 11 is 0. The van der Waals surface area contributed by atoms with Crippen molar-refractivity contribution in [2.45, 2.75) is 58.8 Å². The third-order valence-electron chi connectivity index (χ3n) is 6.21. The van der Waals surface area contributed by atoms with Crippen molar-refractivity contribution in [3.63, 3.8) is 0 Å². The molecule has 7 atom stereocenters. The Hall–Kier alpha value is -1.69. The molecule has 6 nitrogen and oxygen atoms in total. The van der Waals surface area contributed by atoms with Gasteiger partial charge in [0.2, 0.25) is 0 Å². The van der Waals surface area contributed by atoms with Gasteiger partial charge in [0.1, 0.15) is 18.0 Å². The van der Waals surface area contributed by atoms with Gasteiger partial charge in [-0.1, -0.05) is 13.5 Å². The Balaban J connectivity index is 2.11. The van der Waals surface area contributed by atoms with Crippen LogP contribution in [0.25, 0.3) is 0 Å². The molecule has 3 rings (SSSR count). The number of ether oxygens (including phenoxy) is 3. The summed E-state index contributed by atoms with van der Waals surface area (Å²) in [6, 6.07) is 0. The van der Waals surface area contributed by atoms with Crippen LogP contribution < -0.4 is 0 Å². The van der Waals surface area contributed by atoms with Crippen LogP contribution in [0.4, 0.5) is 0 Å². The van der Waals surface area contributed by atoms with E-state index >= 15 is 0 Å². The van der Waals surface area contributed by atoms with E-state index in [9.17, 15) is 14.4 Å². The van der Waals surface area contributed by atoms with E-state index in [-0.39, 0.29) is 29.3 Å². The van der Waals surface area contributed by atoms with E-state index in [1.54, 1.807) is 0 Å². The lowest BCUT2D eigenvalue weighted by atomic mass is 9.67. The molecule has 0 spiro atoms. The topological polar surface area (TPSA) is 78.9 Å². The van der Waals surface area contributed by atoms with Gasteiger partial charge in [-0.3, -0.25) is 9.59 Å². The van der Waals surface area contributed by atoms with Crippen LogP contribution in [0.15, 0.2) is 12.2 Å². The Bertz CT molecular complexity index is 625. The molecule has 0 aromatic heterocycles. The highest BCUT2D eigenvalue weighted by Crippen LogP contribution is 2.57. The lowest BCUT2D eigenvalue weighted by Gasteiger charge is -2.40. The Morgan fingerprint density at radius 2 is 2.08 bits per heavy atom. The Morgan fingerprint density at radius 3 is 2.68 bits per heavy atom. The van der Waals surface area contributed by atoms with E-state index in [4.69, 9.17) is 14.2 Å². The maximum absolute atomic E-state index is 13.1. The van der Waals surface area contributed by atoms with Gasteiger partial charge >= 0.3 is 11.9 Å². The number of carbonyl (C=O) groups is 3. The molecule has 3 aliphatic rings. The van der Waals surface area contributed by atoms with Crippen molar-refractivity contribution in [2.24, 2.45) is 23.2 Å². The number of hydrogen-bond donors (Lipinski definition) is 0. The van der Waals surface area contributed by atoms with Crippen molar-refractivity contribution in [3.05, 3.63) is 12.2 Å². The quantitative estimate of drug-likeness (QED) is 0.573. The van der Waals surface area contributed by atoms with E-state index in [0.29, 0.717) is 19.4 Å². The number of rotatable bonds is 3. The molecule has 1 aliphatic heterocycles. The molecule has 0 aromatic rings. The van der Waals surface area contributed by atoms with Crippen molar-refractivity contribution in [3.8, 4) is 0 Å². The second kappa shape index (κ2) is 6.24. The van der Waals surface area contributed by atoms with E-state index in [1.165, 1.54) is 6.92 Å². The minimum Gasteiger partial charge on any atom is -0.461 e. The maximum Gasteiger partial charge on any atom is 0.334 e. The first-order chi connectivity index (χ1) is 11.7. The minimum atomic E-state index is -0.915. The summed E-state index contributed by atoms with van der Waals surface area (Å²) in [6.45, 7) is 11.5. The summed E-state index contributed by atoms with van der Waals surface area (Å²) < 4.78 is 17.0. The van der Waals surface area contributed by atoms with Crippen LogP contribution in [0, 0.1) is 23.2 Å². The van der Waals surface area contributed by atoms with Crippen molar-refractivity contribution in [1.82, 2.24) is 0 Å². The van der Waals surface area contributed by atoms with Crippen LogP contribution in [-0.4, -0.2) is 42.6 Å². The van der Waals surface area contributed by atoms with Crippen molar-refractivity contribution in [1.29, 1.82) is 0 Å². The molecule has 1 heterocycles. The lowest BCUT2D eigenvalue weighted by Crippen LogP contribution is -2.49. The van der Waals surface area contributed by atoms with Crippen molar-refractivity contribution >= 4 is 17.7 Å². The van der Waals surface area contributed by atoms with Crippen LogP contribution in [0.3, 0.4) is 0 Å². The van der Waals surface area contributed by atoms with E-state index < -0.39 is 35.5 Å². The van der Waals surface area contributed by atoms with Gasteiger partial charge in [-0.15, -0.1) is 0 Å². The van der Waals surface area contributed by atoms with Crippen LogP contribution in [0.1, 0.15) is 40.5 Å². The first-order valence-corrected chi connectivity index (χ1v) is 8.93. The van der Waals surface area contributed by atoms with Crippen molar-refractivity contribution in [2.75, 3.05) is 6.61 Å². The number of Topliss-reactive ketones (excluding diaryl/α,β-unsaturated/α-hetero) is 1. The lowest BCUT2D eigenvalue weighted by molar-refractivity contribution is -0.164. The molecule has 25 heavy (non-hydrogen) atoms. The molecule has 6 heteroatoms. The number of esters is 2. The summed E-state index contributed by atoms with van der Waals surface area (Å²) in [7, 11) is 0. The predicted octanol–water partition coefficient (Wildman–Crippen LogP) is 2.06. The number of ketones is 1. The summed E-state index contributed by atoms with van der Waals surface area (Å²) in [5.41, 5.74) is -0.626. The van der Waals surface area contributed by atoms with Gasteiger partial charge < -0.3 is 14.2 Å². The third-order valence-corrected chi connectivity index (χ3v) is 6.21. The van der Waals surface area contributed by atoms with E-state index in [2.05, 4.69) is 13.5 Å². The van der Waals surface area contributed by atoms with Crippen LogP contribution in [0.5, 0.6) is 0 Å². The first kappa shape index (κ1) is 18.1. The highest BCUT2D eigenvalue weighted by atomic mass is 16.6. The molecule has 2 aliphatic carbocycles. The van der Waals surface area contributed by atoms with Gasteiger partial charge in [0, 0.05) is 31.4 Å². The molecule has 0 amide bonds. The zero-order valence-corrected chi connectivity index (χ0v) is 15.2. The normalized spacial score (nSPS) is 43.3. The second-order valence-electron chi connectivity index (χ2n) is 7.67. The fourth-order valence-corrected chi connectivity index (χ4v) is 5.26. The Morgan fingerprint density at radius 1 is 1.40 bits per heavy atom.